The van der Waals surface area contributed by atoms with Gasteiger partial charge in [-0.2, -0.15) is 0 Å². The van der Waals surface area contributed by atoms with Crippen molar-refractivity contribution >= 4 is 29.2 Å². The zero-order valence-corrected chi connectivity index (χ0v) is 20.7. The number of hydrogen-bond donors (Lipinski definition) is 0. The first-order chi connectivity index (χ1) is 16.2. The average Bonchev–Trinajstić information content (AvgIpc) is 3.05. The fraction of sp³-hybridized carbons (Fsp3) is 0.417. The van der Waals surface area contributed by atoms with Crippen molar-refractivity contribution in [1.29, 1.82) is 0 Å². The third-order valence-corrected chi connectivity index (χ3v) is 5.73. The van der Waals surface area contributed by atoms with Gasteiger partial charge in [-0.05, 0) is 43.9 Å². The molecule has 1 aromatic carbocycles. The van der Waals surface area contributed by atoms with Gasteiger partial charge in [-0.3, -0.25) is 9.48 Å². The van der Waals surface area contributed by atoms with Gasteiger partial charge in [0.15, 0.2) is 0 Å². The Morgan fingerprint density at radius 2 is 1.88 bits per heavy atom. The quantitative estimate of drug-likeness (QED) is 0.185. The lowest BCUT2D eigenvalue weighted by Gasteiger charge is -2.17. The maximum atomic E-state index is 14.9. The van der Waals surface area contributed by atoms with E-state index in [1.807, 2.05) is 6.92 Å². The van der Waals surface area contributed by atoms with Crippen LogP contribution < -0.4 is 10.3 Å². The molecule has 34 heavy (non-hydrogen) atoms. The molecule has 0 saturated carbocycles. The van der Waals surface area contributed by atoms with Crippen LogP contribution in [0, 0.1) is 5.82 Å². The van der Waals surface area contributed by atoms with E-state index in [0.29, 0.717) is 31.7 Å². The van der Waals surface area contributed by atoms with E-state index in [1.165, 1.54) is 16.8 Å². The van der Waals surface area contributed by atoms with Crippen LogP contribution in [0.15, 0.2) is 40.9 Å². The molecule has 0 saturated heterocycles. The van der Waals surface area contributed by atoms with Crippen LogP contribution in [0.5, 0.6) is 5.75 Å². The summed E-state index contributed by atoms with van der Waals surface area (Å²) in [6, 6.07) is 2.41. The van der Waals surface area contributed by atoms with Crippen molar-refractivity contribution in [2.45, 2.75) is 46.2 Å². The lowest BCUT2D eigenvalue weighted by atomic mass is 10.1. The highest BCUT2D eigenvalue weighted by Crippen LogP contribution is 2.36. The van der Waals surface area contributed by atoms with Crippen molar-refractivity contribution in [3.63, 3.8) is 0 Å². The molecule has 7 nitrogen and oxygen atoms in total. The van der Waals surface area contributed by atoms with Crippen LogP contribution in [-0.2, 0) is 27.4 Å². The predicted molar refractivity (Wildman–Crippen MR) is 129 cm³/mol. The summed E-state index contributed by atoms with van der Waals surface area (Å²) >= 11 is 12.7. The summed E-state index contributed by atoms with van der Waals surface area (Å²) in [4.78, 5) is 25.0. The van der Waals surface area contributed by atoms with Crippen LogP contribution in [-0.4, -0.2) is 35.2 Å². The number of nitrogens with zero attached hydrogens (tertiary/aromatic N) is 2. The normalized spacial score (nSPS) is 13.4. The van der Waals surface area contributed by atoms with Gasteiger partial charge in [-0.15, -0.1) is 0 Å². The van der Waals surface area contributed by atoms with Crippen LogP contribution in [0.1, 0.15) is 33.1 Å². The smallest absolute Gasteiger partial charge is 0.334 e. The Balaban J connectivity index is 1.87. The minimum absolute atomic E-state index is 0.00106. The summed E-state index contributed by atoms with van der Waals surface area (Å²) in [5.74, 6) is -0.971. The SMILES string of the molecule is C=C(C)COC(=O)/C=C(\COc1cc(-c2c(Cl)n3n(c2=O)CCCC3)c(F)cc1Cl)OCCC. The van der Waals surface area contributed by atoms with Gasteiger partial charge in [0.2, 0.25) is 0 Å². The Hall–Kier alpha value is -2.71. The van der Waals surface area contributed by atoms with E-state index in [-0.39, 0.29) is 51.6 Å². The van der Waals surface area contributed by atoms with E-state index in [1.54, 1.807) is 11.6 Å². The summed E-state index contributed by atoms with van der Waals surface area (Å²) < 4.78 is 34.4. The van der Waals surface area contributed by atoms with Gasteiger partial charge < -0.3 is 14.2 Å². The number of carbonyl (C=O) groups excluding carboxylic acids is 1. The molecule has 10 heteroatoms. The minimum atomic E-state index is -0.693. The monoisotopic (exact) mass is 512 g/mol. The van der Waals surface area contributed by atoms with Crippen molar-refractivity contribution in [2.24, 2.45) is 0 Å². The van der Waals surface area contributed by atoms with Crippen molar-refractivity contribution in [2.75, 3.05) is 19.8 Å². The van der Waals surface area contributed by atoms with Gasteiger partial charge in [0, 0.05) is 18.7 Å². The molecule has 0 amide bonds. The lowest BCUT2D eigenvalue weighted by molar-refractivity contribution is -0.137. The molecule has 1 aromatic heterocycles. The molecule has 0 bridgehead atoms. The number of benzene rings is 1. The number of esters is 1. The summed E-state index contributed by atoms with van der Waals surface area (Å²) in [6.45, 7) is 8.71. The van der Waals surface area contributed by atoms with Crippen LogP contribution in [0.3, 0.4) is 0 Å². The Kier molecular flexibility index (Phi) is 8.85. The van der Waals surface area contributed by atoms with E-state index in [0.717, 1.165) is 18.9 Å². The fourth-order valence-corrected chi connectivity index (χ4v) is 4.02. The summed E-state index contributed by atoms with van der Waals surface area (Å²) in [6.07, 6.45) is 3.62. The molecular weight excluding hydrogens is 486 g/mol. The molecule has 1 aliphatic rings. The third-order valence-electron chi connectivity index (χ3n) is 5.05. The van der Waals surface area contributed by atoms with Gasteiger partial charge in [-0.25, -0.2) is 13.9 Å². The van der Waals surface area contributed by atoms with Crippen molar-refractivity contribution in [3.05, 3.63) is 62.5 Å². The van der Waals surface area contributed by atoms with Crippen molar-refractivity contribution in [1.82, 2.24) is 9.36 Å². The van der Waals surface area contributed by atoms with E-state index < -0.39 is 11.8 Å². The second kappa shape index (κ2) is 11.6. The molecule has 0 aliphatic carbocycles. The van der Waals surface area contributed by atoms with Crippen LogP contribution in [0.2, 0.25) is 10.2 Å². The molecular formula is C24H27Cl2FN2O5. The van der Waals surface area contributed by atoms with Gasteiger partial charge in [-0.1, -0.05) is 36.7 Å². The summed E-state index contributed by atoms with van der Waals surface area (Å²) in [5.41, 5.74) is 0.374. The zero-order chi connectivity index (χ0) is 24.8. The predicted octanol–water partition coefficient (Wildman–Crippen LogP) is 5.37. The Morgan fingerprint density at radius 3 is 2.53 bits per heavy atom. The third kappa shape index (κ3) is 6.04. The van der Waals surface area contributed by atoms with Crippen molar-refractivity contribution < 1.29 is 23.4 Å². The average molecular weight is 513 g/mol. The van der Waals surface area contributed by atoms with Crippen molar-refractivity contribution in [3.8, 4) is 16.9 Å². The molecule has 0 fully saturated rings. The summed E-state index contributed by atoms with van der Waals surface area (Å²) in [5, 5.41) is 0.171. The van der Waals surface area contributed by atoms with E-state index in [2.05, 4.69) is 6.58 Å². The summed E-state index contributed by atoms with van der Waals surface area (Å²) in [7, 11) is 0. The van der Waals surface area contributed by atoms with Gasteiger partial charge >= 0.3 is 5.97 Å². The Bertz CT molecular complexity index is 1170. The van der Waals surface area contributed by atoms with Gasteiger partial charge in [0.05, 0.1) is 23.3 Å². The number of halogens is 3. The molecule has 1 aliphatic heterocycles. The number of ether oxygens (including phenoxy) is 3. The molecule has 0 radical (unpaired) electrons. The lowest BCUT2D eigenvalue weighted by Crippen LogP contribution is -2.27. The Morgan fingerprint density at radius 1 is 1.18 bits per heavy atom. The largest absolute Gasteiger partial charge is 0.494 e. The molecule has 184 valence electrons. The zero-order valence-electron chi connectivity index (χ0n) is 19.2. The highest BCUT2D eigenvalue weighted by atomic mass is 35.5. The Labute approximate surface area is 207 Å². The number of carbonyl (C=O) groups is 1. The first-order valence-corrected chi connectivity index (χ1v) is 11.7. The van der Waals surface area contributed by atoms with Crippen LogP contribution >= 0.6 is 23.2 Å². The second-order valence-electron chi connectivity index (χ2n) is 8.00. The first-order valence-electron chi connectivity index (χ1n) is 11.0. The van der Waals surface area contributed by atoms with E-state index in [4.69, 9.17) is 37.4 Å². The first kappa shape index (κ1) is 25.9. The van der Waals surface area contributed by atoms with E-state index in [9.17, 15) is 14.0 Å². The number of hydrogen-bond acceptors (Lipinski definition) is 5. The fourth-order valence-electron chi connectivity index (χ4n) is 3.46. The molecule has 0 N–H and O–H groups in total. The number of fused-ring (bicyclic) bond motifs is 1. The maximum Gasteiger partial charge on any atom is 0.334 e. The number of rotatable bonds is 10. The molecule has 0 atom stereocenters. The highest BCUT2D eigenvalue weighted by Gasteiger charge is 2.25. The molecule has 2 heterocycles. The standard InChI is InChI=1S/C24H27Cl2FN2O5/c1-4-9-32-16(10-21(30)34-13-15(2)3)14-33-20-11-17(19(27)12-18(20)25)22-23(26)28-7-5-6-8-29(28)24(22)31/h10-12H,2,4-9,13-14H2,1,3H3/b16-10+. The number of aromatic nitrogens is 2. The van der Waals surface area contributed by atoms with Gasteiger partial charge in [0.1, 0.15) is 35.7 Å². The van der Waals surface area contributed by atoms with Crippen LogP contribution in [0.4, 0.5) is 4.39 Å². The van der Waals surface area contributed by atoms with Crippen LogP contribution in [0.25, 0.3) is 11.1 Å². The molecule has 3 rings (SSSR count). The molecule has 0 unspecified atom stereocenters. The minimum Gasteiger partial charge on any atom is -0.494 e. The van der Waals surface area contributed by atoms with E-state index >= 15 is 0 Å². The second-order valence-corrected chi connectivity index (χ2v) is 8.76. The topological polar surface area (TPSA) is 71.7 Å². The van der Waals surface area contributed by atoms with Gasteiger partial charge in [0.25, 0.3) is 5.56 Å². The highest BCUT2D eigenvalue weighted by molar-refractivity contribution is 6.33. The molecule has 2 aromatic rings. The molecule has 0 spiro atoms. The maximum absolute atomic E-state index is 14.9.